The smallest absolute Gasteiger partial charge is 0.255 e. The number of nitrogens with one attached hydrogen (secondary N) is 1. The van der Waals surface area contributed by atoms with Gasteiger partial charge in [0.25, 0.3) is 5.91 Å². The van der Waals surface area contributed by atoms with Crippen molar-refractivity contribution in [3.8, 4) is 5.75 Å². The van der Waals surface area contributed by atoms with Crippen molar-refractivity contribution in [3.63, 3.8) is 0 Å². The number of hydrogen-bond donors (Lipinski definition) is 6. The van der Waals surface area contributed by atoms with Gasteiger partial charge < -0.3 is 36.4 Å². The van der Waals surface area contributed by atoms with E-state index in [4.69, 9.17) is 5.73 Å². The molecule has 6 rings (SSSR count). The minimum Gasteiger partial charge on any atom is -0.510 e. The standard InChI is InChI=1S/C31H39N5O8/c1-34(2)18-11-17(33-19(37)12-36-8-7-30(13-36)5-6-30)24(38)21-15(18)9-14-10-16-23(35(3)4)26(40)22(29(32)43)28(42)31(16,44)27(41)20(14)25(21)39/h11,14,16,23,38,40-41,44H,5-10,12-13H2,1-4H3,(H2,32,43)(H,33,37)/t14-,16-,23-,31-/m0/s1. The molecule has 4 aliphatic carbocycles. The van der Waals surface area contributed by atoms with Gasteiger partial charge in [0.2, 0.25) is 11.7 Å². The number of carbonyl (C=O) groups excluding carboxylic acids is 4. The van der Waals surface area contributed by atoms with Crippen LogP contribution in [0.15, 0.2) is 28.7 Å². The highest BCUT2D eigenvalue weighted by Crippen LogP contribution is 2.54. The van der Waals surface area contributed by atoms with Crippen LogP contribution in [0.25, 0.3) is 0 Å². The number of Topliss-reactive ketones (excluding diaryl/α,β-unsaturated/α-hetero) is 2. The molecular formula is C31H39N5O8. The van der Waals surface area contributed by atoms with Crippen LogP contribution in [-0.2, 0) is 20.8 Å². The highest BCUT2D eigenvalue weighted by atomic mass is 16.3. The number of primary amides is 1. The van der Waals surface area contributed by atoms with Gasteiger partial charge in [0.1, 0.15) is 17.1 Å². The Bertz CT molecular complexity index is 1570. The van der Waals surface area contributed by atoms with E-state index in [9.17, 15) is 39.6 Å². The summed E-state index contributed by atoms with van der Waals surface area (Å²) in [5, 5.41) is 48.4. The maximum atomic E-state index is 14.2. The molecule has 4 atom stereocenters. The first kappa shape index (κ1) is 30.1. The lowest BCUT2D eigenvalue weighted by Gasteiger charge is -2.50. The molecule has 0 bridgehead atoms. The number of nitrogens with two attached hydrogens (primary N) is 1. The molecule has 1 saturated heterocycles. The van der Waals surface area contributed by atoms with Crippen LogP contribution in [0.3, 0.4) is 0 Å². The number of amides is 2. The molecule has 0 aromatic heterocycles. The number of carbonyl (C=O) groups is 4. The van der Waals surface area contributed by atoms with E-state index in [1.807, 2.05) is 0 Å². The number of fused-ring (bicyclic) bond motifs is 3. The molecule has 0 radical (unpaired) electrons. The van der Waals surface area contributed by atoms with Crippen LogP contribution >= 0.6 is 0 Å². The number of allylic oxidation sites excluding steroid dienone is 1. The first-order valence-electron chi connectivity index (χ1n) is 14.8. The fraction of sp³-hybridized carbons (Fsp3) is 0.548. The summed E-state index contributed by atoms with van der Waals surface area (Å²) in [6.07, 6.45) is 3.56. The number of likely N-dealkylation sites (tertiary alicyclic amines) is 1. The van der Waals surface area contributed by atoms with Crippen LogP contribution in [0.5, 0.6) is 5.75 Å². The number of rotatable bonds is 6. The van der Waals surface area contributed by atoms with Crippen LogP contribution in [0.1, 0.15) is 41.6 Å². The lowest BCUT2D eigenvalue weighted by atomic mass is 9.58. The first-order valence-corrected chi connectivity index (χ1v) is 14.8. The van der Waals surface area contributed by atoms with Gasteiger partial charge >= 0.3 is 0 Å². The normalized spacial score (nSPS) is 29.1. The zero-order chi connectivity index (χ0) is 32.0. The Labute approximate surface area is 254 Å². The average Bonchev–Trinajstić information content (AvgIpc) is 3.57. The van der Waals surface area contributed by atoms with Gasteiger partial charge in [-0.2, -0.15) is 0 Å². The highest BCUT2D eigenvalue weighted by Gasteiger charge is 2.63. The maximum absolute atomic E-state index is 14.2. The van der Waals surface area contributed by atoms with Gasteiger partial charge in [-0.25, -0.2) is 0 Å². The molecular weight excluding hydrogens is 570 g/mol. The Kier molecular flexibility index (Phi) is 6.87. The third-order valence-electron chi connectivity index (χ3n) is 10.3. The first-order chi connectivity index (χ1) is 20.6. The van der Waals surface area contributed by atoms with Crippen molar-refractivity contribution < 1.29 is 39.6 Å². The largest absolute Gasteiger partial charge is 0.510 e. The monoisotopic (exact) mass is 609 g/mol. The van der Waals surface area contributed by atoms with E-state index in [0.717, 1.165) is 19.5 Å². The van der Waals surface area contributed by atoms with E-state index in [-0.39, 0.29) is 42.1 Å². The summed E-state index contributed by atoms with van der Waals surface area (Å²) < 4.78 is 0. The second-order valence-corrected chi connectivity index (χ2v) is 13.5. The minimum absolute atomic E-state index is 0.00476. The molecule has 5 aliphatic rings. The molecule has 1 spiro atoms. The predicted octanol–water partition coefficient (Wildman–Crippen LogP) is 0.611. The second-order valence-electron chi connectivity index (χ2n) is 13.5. The van der Waals surface area contributed by atoms with Crippen molar-refractivity contribution in [1.82, 2.24) is 9.80 Å². The summed E-state index contributed by atoms with van der Waals surface area (Å²) in [6.45, 7) is 1.82. The van der Waals surface area contributed by atoms with Crippen LogP contribution in [0.4, 0.5) is 11.4 Å². The van der Waals surface area contributed by atoms with E-state index in [1.54, 1.807) is 39.2 Å². The number of likely N-dealkylation sites (N-methyl/N-ethyl adjacent to an activating group) is 1. The predicted molar refractivity (Wildman–Crippen MR) is 159 cm³/mol. The Morgan fingerprint density at radius 3 is 2.36 bits per heavy atom. The highest BCUT2D eigenvalue weighted by molar-refractivity contribution is 6.25. The summed E-state index contributed by atoms with van der Waals surface area (Å²) in [7, 11) is 6.69. The number of aliphatic hydroxyl groups is 3. The molecule has 13 heteroatoms. The molecule has 1 aliphatic heterocycles. The fourth-order valence-corrected chi connectivity index (χ4v) is 7.93. The molecule has 0 unspecified atom stereocenters. The second kappa shape index (κ2) is 10.0. The summed E-state index contributed by atoms with van der Waals surface area (Å²) in [5.41, 5.74) is 2.86. The molecule has 2 amide bonds. The molecule has 1 saturated carbocycles. The molecule has 236 valence electrons. The Balaban J connectivity index is 1.41. The molecule has 44 heavy (non-hydrogen) atoms. The van der Waals surface area contributed by atoms with Gasteiger partial charge in [-0.1, -0.05) is 0 Å². The lowest BCUT2D eigenvalue weighted by Crippen LogP contribution is -2.63. The number of hydrogen-bond acceptors (Lipinski definition) is 11. The molecule has 1 aromatic rings. The topological polar surface area (TPSA) is 197 Å². The van der Waals surface area contributed by atoms with Gasteiger partial charge in [0.05, 0.1) is 23.8 Å². The molecule has 13 nitrogen and oxygen atoms in total. The average molecular weight is 610 g/mol. The van der Waals surface area contributed by atoms with Gasteiger partial charge in [0.15, 0.2) is 17.1 Å². The Morgan fingerprint density at radius 2 is 1.80 bits per heavy atom. The molecule has 1 aromatic carbocycles. The summed E-state index contributed by atoms with van der Waals surface area (Å²) in [4.78, 5) is 58.3. The number of phenolic OH excluding ortho intramolecular Hbond substituents is 1. The van der Waals surface area contributed by atoms with E-state index in [1.165, 1.54) is 17.7 Å². The number of phenols is 1. The van der Waals surface area contributed by atoms with Crippen molar-refractivity contribution in [2.45, 2.75) is 43.7 Å². The number of nitrogens with zero attached hydrogens (tertiary/aromatic N) is 3. The summed E-state index contributed by atoms with van der Waals surface area (Å²) in [6, 6.07) is 0.546. The van der Waals surface area contributed by atoms with Crippen LogP contribution in [-0.4, -0.2) is 113 Å². The van der Waals surface area contributed by atoms with Crippen LogP contribution in [0, 0.1) is 17.3 Å². The molecule has 7 N–H and O–H groups in total. The summed E-state index contributed by atoms with van der Waals surface area (Å²) >= 11 is 0. The van der Waals surface area contributed by atoms with Crippen molar-refractivity contribution in [3.05, 3.63) is 39.9 Å². The maximum Gasteiger partial charge on any atom is 0.255 e. The fourth-order valence-electron chi connectivity index (χ4n) is 7.93. The van der Waals surface area contributed by atoms with Gasteiger partial charge in [-0.15, -0.1) is 0 Å². The third-order valence-corrected chi connectivity index (χ3v) is 10.3. The third kappa shape index (κ3) is 4.32. The molecule has 1 heterocycles. The van der Waals surface area contributed by atoms with Crippen molar-refractivity contribution >= 4 is 34.8 Å². The Hall–Kier alpha value is -3.94. The number of anilines is 2. The van der Waals surface area contributed by atoms with E-state index >= 15 is 0 Å². The zero-order valence-electron chi connectivity index (χ0n) is 25.3. The minimum atomic E-state index is -2.72. The van der Waals surface area contributed by atoms with Crippen LogP contribution in [0.2, 0.25) is 0 Å². The number of benzene rings is 1. The summed E-state index contributed by atoms with van der Waals surface area (Å²) in [5.74, 6) is -7.53. The number of aromatic hydroxyl groups is 1. The van der Waals surface area contributed by atoms with Crippen molar-refractivity contribution in [2.24, 2.45) is 23.0 Å². The van der Waals surface area contributed by atoms with E-state index in [0.29, 0.717) is 16.7 Å². The van der Waals surface area contributed by atoms with E-state index in [2.05, 4.69) is 10.2 Å². The SMILES string of the molecule is CN(C)c1cc(NC(=O)CN2CCC3(CC3)C2)c(O)c2c1C[C@H]1C[C@H]3[C@H](N(C)C)C(O)=C(C(N)=O)C(=O)[C@@]3(O)C(O)=C1C2=O. The van der Waals surface area contributed by atoms with Crippen LogP contribution < -0.4 is 16.0 Å². The zero-order valence-corrected chi connectivity index (χ0v) is 25.3. The lowest BCUT2D eigenvalue weighted by molar-refractivity contribution is -0.148. The van der Waals surface area contributed by atoms with Crippen molar-refractivity contribution in [2.75, 3.05) is 58.0 Å². The molecule has 2 fully saturated rings. The van der Waals surface area contributed by atoms with Gasteiger partial charge in [-0.3, -0.25) is 29.0 Å². The Morgan fingerprint density at radius 1 is 1.11 bits per heavy atom. The van der Waals surface area contributed by atoms with Crippen molar-refractivity contribution in [1.29, 1.82) is 0 Å². The number of aliphatic hydroxyl groups excluding tert-OH is 2. The van der Waals surface area contributed by atoms with E-state index < -0.39 is 63.8 Å². The quantitative estimate of drug-likeness (QED) is 0.195. The van der Waals surface area contributed by atoms with Gasteiger partial charge in [0, 0.05) is 37.8 Å². The number of ketones is 2. The van der Waals surface area contributed by atoms with Gasteiger partial charge in [-0.05, 0) is 75.7 Å².